The predicted molar refractivity (Wildman–Crippen MR) is 70.9 cm³/mol. The molecule has 1 aliphatic rings. The van der Waals surface area contributed by atoms with E-state index in [0.717, 1.165) is 0 Å². The number of nitrogens with one attached hydrogen (secondary N) is 1. The third-order valence-corrected chi connectivity index (χ3v) is 7.16. The molecule has 1 atom stereocenters. The first-order valence-corrected chi connectivity index (χ1v) is 9.44. The van der Waals surface area contributed by atoms with Crippen LogP contribution in [-0.4, -0.2) is 33.6 Å². The molecule has 0 aliphatic carbocycles. The van der Waals surface area contributed by atoms with Crippen LogP contribution in [-0.2, 0) is 19.9 Å². The van der Waals surface area contributed by atoms with Gasteiger partial charge in [-0.1, -0.05) is 11.6 Å². The van der Waals surface area contributed by atoms with Gasteiger partial charge in [-0.15, -0.1) is 0 Å². The molecule has 0 bridgehead atoms. The minimum absolute atomic E-state index is 0.292. The lowest BCUT2D eigenvalue weighted by Gasteiger charge is -2.14. The van der Waals surface area contributed by atoms with Crippen molar-refractivity contribution in [1.82, 2.24) is 0 Å². The van der Waals surface area contributed by atoms with Gasteiger partial charge in [0.25, 0.3) is 0 Å². The molecule has 12 heteroatoms. The van der Waals surface area contributed by atoms with Crippen molar-refractivity contribution in [2.45, 2.75) is 11.7 Å². The molecule has 5 nitrogen and oxygen atoms in total. The lowest BCUT2D eigenvalue weighted by Crippen LogP contribution is -2.30. The highest BCUT2D eigenvalue weighted by Gasteiger charge is 2.38. The van der Waals surface area contributed by atoms with Gasteiger partial charge in [-0.3, -0.25) is 4.72 Å². The molecule has 1 heterocycles. The summed E-state index contributed by atoms with van der Waals surface area (Å²) < 4.78 is 101. The van der Waals surface area contributed by atoms with Gasteiger partial charge in [0.2, 0.25) is 10.0 Å². The average molecular weight is 382 g/mol. The summed E-state index contributed by atoms with van der Waals surface area (Å²) in [6.45, 7) is 0. The average Bonchev–Trinajstić information content (AvgIpc) is 2.80. The van der Waals surface area contributed by atoms with Crippen LogP contribution in [0.5, 0.6) is 0 Å². The number of sulfonamides is 1. The molecule has 1 N–H and O–H groups in total. The van der Waals surface area contributed by atoms with Crippen LogP contribution in [0.25, 0.3) is 0 Å². The van der Waals surface area contributed by atoms with Gasteiger partial charge in [0.1, 0.15) is 10.7 Å². The first-order chi connectivity index (χ1) is 9.96. The molecule has 1 aromatic carbocycles. The maximum Gasteiger partial charge on any atom is 0.236 e. The number of rotatable bonds is 3. The summed E-state index contributed by atoms with van der Waals surface area (Å²) >= 11 is 5.01. The Morgan fingerprint density at radius 3 is 1.95 bits per heavy atom. The number of benzene rings is 1. The van der Waals surface area contributed by atoms with Crippen LogP contribution in [0.3, 0.4) is 0 Å². The van der Waals surface area contributed by atoms with Gasteiger partial charge in [0.05, 0.1) is 16.8 Å². The molecule has 0 amide bonds. The van der Waals surface area contributed by atoms with Crippen LogP contribution in [0.1, 0.15) is 6.42 Å². The molecule has 0 spiro atoms. The zero-order valence-corrected chi connectivity index (χ0v) is 12.9. The minimum atomic E-state index is -4.56. The Kier molecular flexibility index (Phi) is 4.35. The molecule has 0 saturated carbocycles. The van der Waals surface area contributed by atoms with Gasteiger partial charge < -0.3 is 0 Å². The van der Waals surface area contributed by atoms with Crippen molar-refractivity contribution >= 4 is 37.1 Å². The van der Waals surface area contributed by atoms with Crippen LogP contribution in [0.2, 0.25) is 5.02 Å². The Labute approximate surface area is 128 Å². The number of halogens is 5. The SMILES string of the molecule is O=S1(=O)CC[C@H](S(=O)(=O)Nc2c(F)c(F)c(Cl)c(F)c2F)C1. The van der Waals surface area contributed by atoms with E-state index in [0.29, 0.717) is 0 Å². The summed E-state index contributed by atoms with van der Waals surface area (Å²) in [5, 5.41) is -2.93. The Morgan fingerprint density at radius 1 is 1.05 bits per heavy atom. The molecule has 1 saturated heterocycles. The molecule has 1 fully saturated rings. The fraction of sp³-hybridized carbons (Fsp3) is 0.400. The quantitative estimate of drug-likeness (QED) is 0.492. The van der Waals surface area contributed by atoms with E-state index in [1.807, 2.05) is 0 Å². The number of sulfone groups is 1. The second kappa shape index (κ2) is 5.53. The van der Waals surface area contributed by atoms with Crippen LogP contribution >= 0.6 is 11.6 Å². The number of hydrogen-bond donors (Lipinski definition) is 1. The van der Waals surface area contributed by atoms with Crippen molar-refractivity contribution in [3.63, 3.8) is 0 Å². The highest BCUT2D eigenvalue weighted by Crippen LogP contribution is 2.32. The molecule has 1 aliphatic heterocycles. The van der Waals surface area contributed by atoms with Crippen LogP contribution < -0.4 is 4.72 Å². The highest BCUT2D eigenvalue weighted by atomic mass is 35.5. The summed E-state index contributed by atoms with van der Waals surface area (Å²) in [5.41, 5.74) is -1.58. The van der Waals surface area contributed by atoms with E-state index in [1.165, 1.54) is 4.72 Å². The Morgan fingerprint density at radius 2 is 1.55 bits per heavy atom. The highest BCUT2D eigenvalue weighted by molar-refractivity contribution is 7.97. The van der Waals surface area contributed by atoms with Crippen LogP contribution in [0.4, 0.5) is 23.2 Å². The predicted octanol–water partition coefficient (Wildman–Crippen LogP) is 1.83. The van der Waals surface area contributed by atoms with Crippen LogP contribution in [0, 0.1) is 23.3 Å². The summed E-state index contributed by atoms with van der Waals surface area (Å²) in [4.78, 5) is 0. The van der Waals surface area contributed by atoms with E-state index in [4.69, 9.17) is 11.6 Å². The lowest BCUT2D eigenvalue weighted by molar-refractivity contribution is 0.460. The zero-order valence-electron chi connectivity index (χ0n) is 10.5. The van der Waals surface area contributed by atoms with E-state index in [-0.39, 0.29) is 6.42 Å². The second-order valence-corrected chi connectivity index (χ2v) is 9.18. The van der Waals surface area contributed by atoms with E-state index in [9.17, 15) is 34.4 Å². The van der Waals surface area contributed by atoms with Gasteiger partial charge in [0, 0.05) is 0 Å². The smallest absolute Gasteiger partial charge is 0.236 e. The lowest BCUT2D eigenvalue weighted by atomic mass is 10.2. The molecule has 124 valence electrons. The van der Waals surface area contributed by atoms with Gasteiger partial charge >= 0.3 is 0 Å². The van der Waals surface area contributed by atoms with Crippen molar-refractivity contribution in [2.24, 2.45) is 0 Å². The summed E-state index contributed by atoms with van der Waals surface area (Å²) in [7, 11) is -8.15. The molecule has 0 radical (unpaired) electrons. The Bertz CT molecular complexity index is 812. The molecule has 22 heavy (non-hydrogen) atoms. The Hall–Kier alpha value is -1.07. The largest absolute Gasteiger partial charge is 0.277 e. The third-order valence-electron chi connectivity index (χ3n) is 3.08. The molecular weight excluding hydrogens is 374 g/mol. The minimum Gasteiger partial charge on any atom is -0.277 e. The van der Waals surface area contributed by atoms with Gasteiger partial charge in [-0.2, -0.15) is 0 Å². The standard InChI is InChI=1S/C10H8ClF4NO4S2/c11-5-6(12)8(14)10(9(15)7(5)13)16-22(19,20)4-1-2-21(17,18)3-4/h4,16H,1-3H2/t4-/m0/s1. The van der Waals surface area contributed by atoms with E-state index < -0.39 is 70.6 Å². The first-order valence-electron chi connectivity index (χ1n) is 5.70. The van der Waals surface area contributed by atoms with Crippen molar-refractivity contribution in [3.05, 3.63) is 28.3 Å². The number of hydrogen-bond acceptors (Lipinski definition) is 4. The maximum absolute atomic E-state index is 13.6. The van der Waals surface area contributed by atoms with Crippen molar-refractivity contribution in [1.29, 1.82) is 0 Å². The Balaban J connectivity index is 2.43. The van der Waals surface area contributed by atoms with Crippen molar-refractivity contribution in [2.75, 3.05) is 16.2 Å². The van der Waals surface area contributed by atoms with E-state index in [2.05, 4.69) is 0 Å². The van der Waals surface area contributed by atoms with Crippen molar-refractivity contribution in [3.8, 4) is 0 Å². The maximum atomic E-state index is 13.6. The van der Waals surface area contributed by atoms with Gasteiger partial charge in [0.15, 0.2) is 33.1 Å². The van der Waals surface area contributed by atoms with E-state index in [1.54, 1.807) is 0 Å². The fourth-order valence-electron chi connectivity index (χ4n) is 1.93. The van der Waals surface area contributed by atoms with Crippen LogP contribution in [0.15, 0.2) is 0 Å². The fourth-order valence-corrected chi connectivity index (χ4v) is 6.18. The molecule has 2 rings (SSSR count). The summed E-state index contributed by atoms with van der Waals surface area (Å²) in [6, 6.07) is 0. The molecular formula is C10H8ClF4NO4S2. The molecule has 1 aromatic rings. The van der Waals surface area contributed by atoms with Crippen molar-refractivity contribution < 1.29 is 34.4 Å². The summed E-state index contributed by atoms with van der Waals surface area (Å²) in [5.74, 6) is -9.12. The zero-order chi connectivity index (χ0) is 16.9. The normalized spacial score (nSPS) is 21.0. The van der Waals surface area contributed by atoms with E-state index >= 15 is 0 Å². The second-order valence-electron chi connectivity index (χ2n) is 4.62. The third kappa shape index (κ3) is 3.01. The monoisotopic (exact) mass is 381 g/mol. The van der Waals surface area contributed by atoms with Gasteiger partial charge in [-0.05, 0) is 6.42 Å². The van der Waals surface area contributed by atoms with Gasteiger partial charge in [-0.25, -0.2) is 34.4 Å². The summed E-state index contributed by atoms with van der Waals surface area (Å²) in [6.07, 6.45) is -0.292. The number of anilines is 1. The molecule has 0 unspecified atom stereocenters. The first kappa shape index (κ1) is 17.3. The molecule has 0 aromatic heterocycles. The topological polar surface area (TPSA) is 80.3 Å².